The average Bonchev–Trinajstić information content (AvgIpc) is 2.36. The smallest absolute Gasteiger partial charge is 0.332 e. The highest BCUT2D eigenvalue weighted by Crippen LogP contribution is 2.14. The molecule has 0 saturated carbocycles. The maximum atomic E-state index is 11.8. The number of H-pyrrole nitrogens is 1. The Hall–Kier alpha value is -2.94. The van der Waals surface area contributed by atoms with Crippen LogP contribution in [0.15, 0.2) is 35.3 Å². The van der Waals surface area contributed by atoms with Gasteiger partial charge in [-0.3, -0.25) is 14.9 Å². The molecule has 0 aliphatic rings. The Balaban J connectivity index is 2.71. The first-order valence-corrected chi connectivity index (χ1v) is 4.99. The number of nitriles is 1. The van der Waals surface area contributed by atoms with Crippen molar-refractivity contribution in [2.45, 2.75) is 0 Å². The molecule has 0 radical (unpaired) electrons. The molecule has 1 heterocycles. The summed E-state index contributed by atoms with van der Waals surface area (Å²) in [5, 5.41) is 19.3. The van der Waals surface area contributed by atoms with E-state index in [1.807, 2.05) is 6.07 Å². The molecule has 0 saturated heterocycles. The minimum absolute atomic E-state index is 0.226. The van der Waals surface area contributed by atoms with Crippen LogP contribution in [0.1, 0.15) is 5.56 Å². The molecule has 1 aromatic heterocycles. The second-order valence-electron chi connectivity index (χ2n) is 3.53. The predicted octanol–water partition coefficient (Wildman–Crippen LogP) is 1.97. The summed E-state index contributed by atoms with van der Waals surface area (Å²) in [5.74, 6) is 0. The van der Waals surface area contributed by atoms with Crippen molar-refractivity contribution in [2.75, 3.05) is 0 Å². The number of hydrogen-bond donors (Lipinski definition) is 1. The van der Waals surface area contributed by atoms with Crippen molar-refractivity contribution in [3.63, 3.8) is 0 Å². The third-order valence-electron chi connectivity index (χ3n) is 2.43. The molecule has 1 N–H and O–H groups in total. The molecule has 88 valence electrons. The lowest BCUT2D eigenvalue weighted by atomic mass is 10.1. The van der Waals surface area contributed by atoms with E-state index in [0.717, 1.165) is 6.20 Å². The van der Waals surface area contributed by atoms with Gasteiger partial charge in [-0.2, -0.15) is 5.26 Å². The van der Waals surface area contributed by atoms with E-state index in [4.69, 9.17) is 5.26 Å². The second kappa shape index (κ2) is 4.51. The van der Waals surface area contributed by atoms with Gasteiger partial charge in [-0.05, 0) is 23.8 Å². The lowest BCUT2D eigenvalue weighted by molar-refractivity contribution is -0.386. The second-order valence-corrected chi connectivity index (χ2v) is 3.53. The summed E-state index contributed by atoms with van der Waals surface area (Å²) in [4.78, 5) is 24.5. The minimum Gasteiger partial charge on any atom is -0.355 e. The van der Waals surface area contributed by atoms with Gasteiger partial charge in [-0.25, -0.2) is 0 Å². The molecule has 1 aromatic carbocycles. The Morgan fingerprint density at radius 1 is 1.44 bits per heavy atom. The molecule has 0 amide bonds. The summed E-state index contributed by atoms with van der Waals surface area (Å²) < 4.78 is 0. The Labute approximate surface area is 101 Å². The van der Waals surface area contributed by atoms with E-state index in [1.54, 1.807) is 12.1 Å². The van der Waals surface area contributed by atoms with Crippen LogP contribution >= 0.6 is 0 Å². The van der Waals surface area contributed by atoms with Gasteiger partial charge in [0.05, 0.1) is 22.6 Å². The van der Waals surface area contributed by atoms with Crippen LogP contribution in [0.5, 0.6) is 0 Å². The fraction of sp³-hybridized carbons (Fsp3) is 0. The number of rotatable bonds is 2. The number of aromatic nitrogens is 1. The largest absolute Gasteiger partial charge is 0.355 e. The molecule has 0 fully saturated rings. The number of fused-ring (bicyclic) bond motifs is 1. The molecular formula is C12H7N3O3. The molecule has 0 aliphatic heterocycles. The number of hydrogen-bond acceptors (Lipinski definition) is 4. The molecule has 2 rings (SSSR count). The molecule has 0 bridgehead atoms. The van der Waals surface area contributed by atoms with Crippen LogP contribution in [0.3, 0.4) is 0 Å². The third-order valence-corrected chi connectivity index (χ3v) is 2.43. The van der Waals surface area contributed by atoms with Crippen LogP contribution < -0.4 is 5.43 Å². The topological polar surface area (TPSA) is 99.8 Å². The van der Waals surface area contributed by atoms with E-state index in [9.17, 15) is 14.9 Å². The molecule has 2 aromatic rings. The Morgan fingerprint density at radius 2 is 2.22 bits per heavy atom. The first kappa shape index (κ1) is 11.5. The number of pyridine rings is 1. The summed E-state index contributed by atoms with van der Waals surface area (Å²) in [5.41, 5.74) is 0.0135. The highest BCUT2D eigenvalue weighted by Gasteiger charge is 2.14. The van der Waals surface area contributed by atoms with Gasteiger partial charge in [-0.1, -0.05) is 6.07 Å². The predicted molar refractivity (Wildman–Crippen MR) is 65.9 cm³/mol. The zero-order valence-electron chi connectivity index (χ0n) is 9.08. The fourth-order valence-corrected chi connectivity index (χ4v) is 1.60. The van der Waals surface area contributed by atoms with Crippen molar-refractivity contribution in [1.29, 1.82) is 5.26 Å². The number of nitrogens with zero attached hydrogens (tertiary/aromatic N) is 2. The molecule has 0 aliphatic carbocycles. The average molecular weight is 241 g/mol. The maximum absolute atomic E-state index is 11.8. The van der Waals surface area contributed by atoms with Crippen molar-refractivity contribution in [3.8, 4) is 6.07 Å². The summed E-state index contributed by atoms with van der Waals surface area (Å²) in [6.45, 7) is 0. The molecule has 0 unspecified atom stereocenters. The molecule has 6 heteroatoms. The first-order chi connectivity index (χ1) is 8.63. The maximum Gasteiger partial charge on any atom is 0.332 e. The van der Waals surface area contributed by atoms with Crippen molar-refractivity contribution < 1.29 is 4.92 Å². The van der Waals surface area contributed by atoms with Crippen molar-refractivity contribution in [1.82, 2.24) is 4.98 Å². The molecule has 0 spiro atoms. The number of allylic oxidation sites excluding steroid dienone is 1. The zero-order chi connectivity index (χ0) is 13.1. The Bertz CT molecular complexity index is 753. The number of benzene rings is 1. The molecule has 18 heavy (non-hydrogen) atoms. The lowest BCUT2D eigenvalue weighted by Gasteiger charge is -1.99. The van der Waals surface area contributed by atoms with Gasteiger partial charge in [0, 0.05) is 11.6 Å². The van der Waals surface area contributed by atoms with Gasteiger partial charge in [0.15, 0.2) is 0 Å². The Morgan fingerprint density at radius 3 is 2.89 bits per heavy atom. The van der Waals surface area contributed by atoms with E-state index in [2.05, 4.69) is 4.98 Å². The summed E-state index contributed by atoms with van der Waals surface area (Å²) >= 11 is 0. The molecule has 6 nitrogen and oxygen atoms in total. The zero-order valence-corrected chi connectivity index (χ0v) is 9.08. The monoisotopic (exact) mass is 241 g/mol. The third kappa shape index (κ3) is 1.97. The standard InChI is InChI=1S/C12H7N3O3/c13-5-1-2-8-3-4-10-9(6-8)12(16)11(7-14-10)15(17)18/h1-4,6-7H,(H,14,16). The van der Waals surface area contributed by atoms with Crippen LogP contribution in [0, 0.1) is 21.4 Å². The van der Waals surface area contributed by atoms with Gasteiger partial charge in [-0.15, -0.1) is 0 Å². The van der Waals surface area contributed by atoms with Crippen molar-refractivity contribution >= 4 is 22.7 Å². The van der Waals surface area contributed by atoms with Crippen LogP contribution in [0.4, 0.5) is 5.69 Å². The van der Waals surface area contributed by atoms with Gasteiger partial charge in [0.25, 0.3) is 5.43 Å². The number of aromatic amines is 1. The fourth-order valence-electron chi connectivity index (χ4n) is 1.60. The number of nitrogens with one attached hydrogen (secondary N) is 1. The van der Waals surface area contributed by atoms with Crippen LogP contribution in [-0.4, -0.2) is 9.91 Å². The quantitative estimate of drug-likeness (QED) is 0.493. The highest BCUT2D eigenvalue weighted by molar-refractivity contribution is 5.82. The van der Waals surface area contributed by atoms with Crippen LogP contribution in [0.2, 0.25) is 0 Å². The van der Waals surface area contributed by atoms with Gasteiger partial charge >= 0.3 is 5.69 Å². The number of nitro groups is 1. The summed E-state index contributed by atoms with van der Waals surface area (Å²) in [6, 6.07) is 6.69. The lowest BCUT2D eigenvalue weighted by Crippen LogP contribution is -2.09. The van der Waals surface area contributed by atoms with Crippen molar-refractivity contribution in [3.05, 3.63) is 56.4 Å². The van der Waals surface area contributed by atoms with Crippen LogP contribution in [-0.2, 0) is 0 Å². The summed E-state index contributed by atoms with van der Waals surface area (Å²) in [6.07, 6.45) is 3.87. The normalized spacial score (nSPS) is 10.6. The van der Waals surface area contributed by atoms with Crippen LogP contribution in [0.25, 0.3) is 17.0 Å². The van der Waals surface area contributed by atoms with Gasteiger partial charge in [0.2, 0.25) is 0 Å². The molecular weight excluding hydrogens is 234 g/mol. The SMILES string of the molecule is N#CC=Cc1ccc2[nH]cc([N+](=O)[O-])c(=O)c2c1. The first-order valence-electron chi connectivity index (χ1n) is 4.99. The van der Waals surface area contributed by atoms with E-state index < -0.39 is 16.0 Å². The summed E-state index contributed by atoms with van der Waals surface area (Å²) in [7, 11) is 0. The van der Waals surface area contributed by atoms with Crippen molar-refractivity contribution in [2.24, 2.45) is 0 Å². The van der Waals surface area contributed by atoms with E-state index in [-0.39, 0.29) is 5.39 Å². The highest BCUT2D eigenvalue weighted by atomic mass is 16.6. The van der Waals surface area contributed by atoms with E-state index in [1.165, 1.54) is 18.2 Å². The van der Waals surface area contributed by atoms with Gasteiger partial charge in [0.1, 0.15) is 0 Å². The molecule has 0 atom stereocenters. The van der Waals surface area contributed by atoms with Gasteiger partial charge < -0.3 is 4.98 Å². The van der Waals surface area contributed by atoms with E-state index in [0.29, 0.717) is 11.1 Å². The minimum atomic E-state index is -0.726. The Kier molecular flexibility index (Phi) is 2.89. The van der Waals surface area contributed by atoms with E-state index >= 15 is 0 Å².